The zero-order chi connectivity index (χ0) is 15.5. The molecule has 0 aliphatic rings. The van der Waals surface area contributed by atoms with E-state index in [0.717, 1.165) is 32.1 Å². The second-order valence-electron chi connectivity index (χ2n) is 5.66. The van der Waals surface area contributed by atoms with E-state index < -0.39 is 11.9 Å². The molecule has 4 heteroatoms. The highest BCUT2D eigenvalue weighted by Gasteiger charge is 2.19. The fraction of sp³-hybridized carbons (Fsp3) is 0.750. The quantitative estimate of drug-likeness (QED) is 0.439. The highest BCUT2D eigenvalue weighted by molar-refractivity contribution is 5.98. The molecule has 4 nitrogen and oxygen atoms in total. The third kappa shape index (κ3) is 7.97. The molecule has 0 aromatic rings. The molecule has 0 aromatic carbocycles. The summed E-state index contributed by atoms with van der Waals surface area (Å²) >= 11 is 0. The number of carbonyl (C=O) groups is 2. The van der Waals surface area contributed by atoms with E-state index in [-0.39, 0.29) is 11.1 Å². The Balaban J connectivity index is 4.71. The molecule has 20 heavy (non-hydrogen) atoms. The first-order valence-corrected chi connectivity index (χ1v) is 7.58. The second kappa shape index (κ2) is 10.5. The van der Waals surface area contributed by atoms with Gasteiger partial charge in [0.25, 0.3) is 0 Å². The Morgan fingerprint density at radius 2 is 1.35 bits per heavy atom. The maximum Gasteiger partial charge on any atom is 0.332 e. The predicted molar refractivity (Wildman–Crippen MR) is 79.7 cm³/mol. The lowest BCUT2D eigenvalue weighted by Gasteiger charge is -2.10. The van der Waals surface area contributed by atoms with Gasteiger partial charge in [-0.3, -0.25) is 0 Å². The van der Waals surface area contributed by atoms with Gasteiger partial charge in [-0.15, -0.1) is 0 Å². The van der Waals surface area contributed by atoms with Crippen LogP contribution in [-0.2, 0) is 9.59 Å². The summed E-state index contributed by atoms with van der Waals surface area (Å²) in [6, 6.07) is 0. The lowest BCUT2D eigenvalue weighted by Crippen LogP contribution is -2.12. The Labute approximate surface area is 121 Å². The molecule has 0 aliphatic heterocycles. The molecule has 0 saturated heterocycles. The van der Waals surface area contributed by atoms with Crippen molar-refractivity contribution < 1.29 is 19.8 Å². The maximum absolute atomic E-state index is 11.3. The molecule has 0 radical (unpaired) electrons. The van der Waals surface area contributed by atoms with Gasteiger partial charge in [-0.1, -0.05) is 46.5 Å². The predicted octanol–water partition coefficient (Wildman–Crippen LogP) is 4.25. The van der Waals surface area contributed by atoms with Crippen molar-refractivity contribution in [3.8, 4) is 0 Å². The van der Waals surface area contributed by atoms with E-state index in [1.807, 2.05) is 13.8 Å². The number of hydrogen-bond acceptors (Lipinski definition) is 2. The standard InChI is InChI=1S/C16H28O4/c1-4-5-6-7-8-9-13(15(17)18)14(16(19)20)11-10-12(2)3/h12H,4-11H2,1-3H3,(H,17,18)(H,19,20)/b14-13-. The van der Waals surface area contributed by atoms with E-state index in [1.54, 1.807) is 0 Å². The zero-order valence-electron chi connectivity index (χ0n) is 12.9. The highest BCUT2D eigenvalue weighted by atomic mass is 16.4. The maximum atomic E-state index is 11.3. The van der Waals surface area contributed by atoms with Crippen LogP contribution in [-0.4, -0.2) is 22.2 Å². The van der Waals surface area contributed by atoms with Gasteiger partial charge >= 0.3 is 11.9 Å². The molecule has 0 fully saturated rings. The Morgan fingerprint density at radius 3 is 1.80 bits per heavy atom. The van der Waals surface area contributed by atoms with E-state index in [4.69, 9.17) is 0 Å². The summed E-state index contributed by atoms with van der Waals surface area (Å²) < 4.78 is 0. The van der Waals surface area contributed by atoms with Crippen LogP contribution in [0.5, 0.6) is 0 Å². The summed E-state index contributed by atoms with van der Waals surface area (Å²) in [6.07, 6.45) is 6.47. The van der Waals surface area contributed by atoms with Crippen LogP contribution >= 0.6 is 0 Å². The molecule has 2 N–H and O–H groups in total. The zero-order valence-corrected chi connectivity index (χ0v) is 12.9. The van der Waals surface area contributed by atoms with Gasteiger partial charge < -0.3 is 10.2 Å². The number of unbranched alkanes of at least 4 members (excludes halogenated alkanes) is 4. The van der Waals surface area contributed by atoms with Crippen LogP contribution in [0, 0.1) is 5.92 Å². The van der Waals surface area contributed by atoms with Crippen molar-refractivity contribution in [3.63, 3.8) is 0 Å². The van der Waals surface area contributed by atoms with E-state index in [9.17, 15) is 19.8 Å². The normalized spacial score (nSPS) is 12.4. The van der Waals surface area contributed by atoms with Gasteiger partial charge in [0.1, 0.15) is 0 Å². The first kappa shape index (κ1) is 18.7. The molecular weight excluding hydrogens is 256 g/mol. The van der Waals surface area contributed by atoms with Gasteiger partial charge in [0.15, 0.2) is 0 Å². The third-order valence-electron chi connectivity index (χ3n) is 3.38. The van der Waals surface area contributed by atoms with Crippen LogP contribution in [0.15, 0.2) is 11.1 Å². The Morgan fingerprint density at radius 1 is 0.850 bits per heavy atom. The molecule has 0 spiro atoms. The first-order valence-electron chi connectivity index (χ1n) is 7.58. The van der Waals surface area contributed by atoms with Crippen LogP contribution in [0.25, 0.3) is 0 Å². The first-order chi connectivity index (χ1) is 9.40. The minimum Gasteiger partial charge on any atom is -0.478 e. The average molecular weight is 284 g/mol. The molecular formula is C16H28O4. The summed E-state index contributed by atoms with van der Waals surface area (Å²) in [5, 5.41) is 18.5. The lowest BCUT2D eigenvalue weighted by molar-refractivity contribution is -0.136. The van der Waals surface area contributed by atoms with Crippen molar-refractivity contribution >= 4 is 11.9 Å². The van der Waals surface area contributed by atoms with Crippen molar-refractivity contribution in [2.24, 2.45) is 5.92 Å². The van der Waals surface area contributed by atoms with Crippen molar-refractivity contribution in [1.29, 1.82) is 0 Å². The van der Waals surface area contributed by atoms with E-state index in [0.29, 0.717) is 25.2 Å². The SMILES string of the molecule is CCCCCCC/C(C(=O)O)=C(\CCC(C)C)C(=O)O. The number of carboxylic acid groups (broad SMARTS) is 2. The smallest absolute Gasteiger partial charge is 0.332 e. The molecule has 0 aliphatic carbocycles. The molecule has 0 heterocycles. The molecule has 0 unspecified atom stereocenters. The fourth-order valence-corrected chi connectivity index (χ4v) is 2.11. The number of carboxylic acids is 2. The Kier molecular flexibility index (Phi) is 9.77. The average Bonchev–Trinajstić information content (AvgIpc) is 2.35. The minimum absolute atomic E-state index is 0.0849. The van der Waals surface area contributed by atoms with Crippen molar-refractivity contribution in [2.75, 3.05) is 0 Å². The number of aliphatic carboxylic acids is 2. The Bertz CT molecular complexity index is 342. The van der Waals surface area contributed by atoms with Crippen LogP contribution in [0.1, 0.15) is 72.1 Å². The van der Waals surface area contributed by atoms with Crippen molar-refractivity contribution in [3.05, 3.63) is 11.1 Å². The topological polar surface area (TPSA) is 74.6 Å². The highest BCUT2D eigenvalue weighted by Crippen LogP contribution is 2.21. The summed E-state index contributed by atoms with van der Waals surface area (Å²) in [5.74, 6) is -1.80. The van der Waals surface area contributed by atoms with Gasteiger partial charge in [-0.05, 0) is 31.6 Å². The fourth-order valence-electron chi connectivity index (χ4n) is 2.11. The summed E-state index contributed by atoms with van der Waals surface area (Å²) in [6.45, 7) is 6.13. The van der Waals surface area contributed by atoms with Gasteiger partial charge in [-0.2, -0.15) is 0 Å². The van der Waals surface area contributed by atoms with Gasteiger partial charge in [-0.25, -0.2) is 9.59 Å². The van der Waals surface area contributed by atoms with Crippen LogP contribution in [0.3, 0.4) is 0 Å². The molecule has 116 valence electrons. The summed E-state index contributed by atoms with van der Waals surface area (Å²) in [5.41, 5.74) is 0.177. The second-order valence-corrected chi connectivity index (χ2v) is 5.66. The molecule has 0 aromatic heterocycles. The summed E-state index contributed by atoms with van der Waals surface area (Å²) in [4.78, 5) is 22.6. The number of hydrogen-bond donors (Lipinski definition) is 2. The van der Waals surface area contributed by atoms with Crippen LogP contribution in [0.4, 0.5) is 0 Å². The molecule has 0 saturated carbocycles. The monoisotopic (exact) mass is 284 g/mol. The number of rotatable bonds is 11. The van der Waals surface area contributed by atoms with E-state index in [1.165, 1.54) is 0 Å². The van der Waals surface area contributed by atoms with E-state index >= 15 is 0 Å². The Hall–Kier alpha value is -1.32. The van der Waals surface area contributed by atoms with Gasteiger partial charge in [0.2, 0.25) is 0 Å². The van der Waals surface area contributed by atoms with Gasteiger partial charge in [0.05, 0.1) is 0 Å². The van der Waals surface area contributed by atoms with E-state index in [2.05, 4.69) is 6.92 Å². The van der Waals surface area contributed by atoms with Crippen molar-refractivity contribution in [2.45, 2.75) is 72.1 Å². The molecule has 0 amide bonds. The third-order valence-corrected chi connectivity index (χ3v) is 3.38. The summed E-state index contributed by atoms with van der Waals surface area (Å²) in [7, 11) is 0. The minimum atomic E-state index is -1.09. The molecule has 0 atom stereocenters. The molecule has 0 bridgehead atoms. The molecule has 0 rings (SSSR count). The van der Waals surface area contributed by atoms with Crippen molar-refractivity contribution in [1.82, 2.24) is 0 Å². The lowest BCUT2D eigenvalue weighted by atomic mass is 9.95. The van der Waals surface area contributed by atoms with Crippen LogP contribution < -0.4 is 0 Å². The van der Waals surface area contributed by atoms with Crippen LogP contribution in [0.2, 0.25) is 0 Å². The van der Waals surface area contributed by atoms with Gasteiger partial charge in [0, 0.05) is 11.1 Å². The largest absolute Gasteiger partial charge is 0.478 e.